The van der Waals surface area contributed by atoms with Crippen LogP contribution in [0.4, 0.5) is 0 Å². The van der Waals surface area contributed by atoms with Gasteiger partial charge in [-0.3, -0.25) is 9.78 Å². The third kappa shape index (κ3) is 3.00. The molecule has 0 radical (unpaired) electrons. The summed E-state index contributed by atoms with van der Waals surface area (Å²) in [5, 5.41) is 0. The quantitative estimate of drug-likeness (QED) is 0.799. The lowest BCUT2D eigenvalue weighted by Crippen LogP contribution is -2.23. The van der Waals surface area contributed by atoms with Crippen molar-refractivity contribution >= 4 is 12.2 Å². The molecule has 1 aromatic heterocycles. The number of ether oxygens (including phenoxy) is 1. The van der Waals surface area contributed by atoms with Crippen molar-refractivity contribution in [2.24, 2.45) is 5.92 Å². The van der Waals surface area contributed by atoms with E-state index in [4.69, 9.17) is 17.0 Å². The van der Waals surface area contributed by atoms with Crippen molar-refractivity contribution in [1.82, 2.24) is 9.55 Å². The van der Waals surface area contributed by atoms with Gasteiger partial charge in [0.2, 0.25) is 0 Å². The maximum absolute atomic E-state index is 11.0. The Morgan fingerprint density at radius 3 is 2.73 bits per heavy atom. The zero-order valence-electron chi connectivity index (χ0n) is 9.19. The number of rotatable bonds is 4. The van der Waals surface area contributed by atoms with Gasteiger partial charge in [0.25, 0.3) is 5.56 Å². The average Bonchev–Trinajstić information content (AvgIpc) is 2.15. The topological polar surface area (TPSA) is 47.0 Å². The number of aromatic amines is 1. The summed E-state index contributed by atoms with van der Waals surface area (Å²) in [6.45, 7) is 4.77. The van der Waals surface area contributed by atoms with Crippen LogP contribution < -0.4 is 5.56 Å². The van der Waals surface area contributed by atoms with E-state index in [0.717, 1.165) is 0 Å². The van der Waals surface area contributed by atoms with Gasteiger partial charge in [-0.2, -0.15) is 0 Å². The Kier molecular flexibility index (Phi) is 4.23. The van der Waals surface area contributed by atoms with E-state index in [1.807, 2.05) is 4.57 Å². The second-order valence-electron chi connectivity index (χ2n) is 3.78. The third-order valence-electron chi connectivity index (χ3n) is 2.32. The van der Waals surface area contributed by atoms with Gasteiger partial charge in [-0.25, -0.2) is 0 Å². The Labute approximate surface area is 93.9 Å². The molecule has 1 atom stereocenters. The van der Waals surface area contributed by atoms with Crippen molar-refractivity contribution in [2.75, 3.05) is 13.7 Å². The van der Waals surface area contributed by atoms with Crippen molar-refractivity contribution in [2.45, 2.75) is 19.9 Å². The molecule has 15 heavy (non-hydrogen) atoms. The molecule has 1 N–H and O–H groups in total. The predicted octanol–water partition coefficient (Wildman–Crippen LogP) is 1.75. The fourth-order valence-electron chi connectivity index (χ4n) is 1.45. The molecule has 84 valence electrons. The Hall–Kier alpha value is -0.940. The first-order valence-electron chi connectivity index (χ1n) is 4.86. The SMILES string of the molecule is COCC(C(C)C)n1ccc(=O)[nH]c1=S. The standard InChI is InChI=1S/C10H16N2O2S/c1-7(2)8(6-14-3)12-5-4-9(13)11-10(12)15/h4-5,7-8H,6H2,1-3H3,(H,11,13,15). The Bertz CT molecular complexity index is 422. The molecule has 0 bridgehead atoms. The minimum absolute atomic E-state index is 0.152. The highest BCUT2D eigenvalue weighted by molar-refractivity contribution is 7.71. The highest BCUT2D eigenvalue weighted by Crippen LogP contribution is 2.17. The van der Waals surface area contributed by atoms with Gasteiger partial charge in [0, 0.05) is 19.4 Å². The van der Waals surface area contributed by atoms with Gasteiger partial charge < -0.3 is 9.30 Å². The van der Waals surface area contributed by atoms with Crippen LogP contribution in [0.5, 0.6) is 0 Å². The van der Waals surface area contributed by atoms with Crippen molar-refractivity contribution in [3.05, 3.63) is 27.4 Å². The number of hydrogen-bond acceptors (Lipinski definition) is 3. The monoisotopic (exact) mass is 228 g/mol. The third-order valence-corrected chi connectivity index (χ3v) is 2.63. The van der Waals surface area contributed by atoms with Crippen LogP contribution in [0.1, 0.15) is 19.9 Å². The van der Waals surface area contributed by atoms with Crippen molar-refractivity contribution in [3.63, 3.8) is 0 Å². The molecule has 5 heteroatoms. The molecular weight excluding hydrogens is 212 g/mol. The maximum Gasteiger partial charge on any atom is 0.251 e. The molecule has 1 rings (SSSR count). The summed E-state index contributed by atoms with van der Waals surface area (Å²) in [6, 6.07) is 1.63. The molecule has 1 aromatic rings. The first-order valence-corrected chi connectivity index (χ1v) is 5.27. The van der Waals surface area contributed by atoms with Gasteiger partial charge in [-0.15, -0.1) is 0 Å². The van der Waals surface area contributed by atoms with Gasteiger partial charge in [-0.1, -0.05) is 13.8 Å². The predicted molar refractivity (Wildman–Crippen MR) is 61.6 cm³/mol. The lowest BCUT2D eigenvalue weighted by Gasteiger charge is -2.22. The average molecular weight is 228 g/mol. The minimum atomic E-state index is -0.170. The van der Waals surface area contributed by atoms with E-state index in [-0.39, 0.29) is 11.6 Å². The molecular formula is C10H16N2O2S. The van der Waals surface area contributed by atoms with Crippen molar-refractivity contribution in [1.29, 1.82) is 0 Å². The number of nitrogens with zero attached hydrogens (tertiary/aromatic N) is 1. The molecule has 0 fully saturated rings. The number of hydrogen-bond donors (Lipinski definition) is 1. The van der Waals surface area contributed by atoms with E-state index in [1.165, 1.54) is 6.07 Å². The fourth-order valence-corrected chi connectivity index (χ4v) is 1.75. The molecule has 0 aromatic carbocycles. The van der Waals surface area contributed by atoms with E-state index < -0.39 is 0 Å². The van der Waals surface area contributed by atoms with Crippen LogP contribution in [0.25, 0.3) is 0 Å². The summed E-state index contributed by atoms with van der Waals surface area (Å²) in [6.07, 6.45) is 1.71. The number of H-pyrrole nitrogens is 1. The number of nitrogens with one attached hydrogen (secondary N) is 1. The van der Waals surface area contributed by atoms with E-state index in [1.54, 1.807) is 13.3 Å². The first kappa shape index (κ1) is 12.1. The molecule has 0 saturated heterocycles. The number of methoxy groups -OCH3 is 1. The Morgan fingerprint density at radius 1 is 1.60 bits per heavy atom. The molecule has 0 saturated carbocycles. The van der Waals surface area contributed by atoms with E-state index in [0.29, 0.717) is 17.3 Å². The fraction of sp³-hybridized carbons (Fsp3) is 0.600. The smallest absolute Gasteiger partial charge is 0.251 e. The highest BCUT2D eigenvalue weighted by atomic mass is 32.1. The van der Waals surface area contributed by atoms with Crippen molar-refractivity contribution in [3.8, 4) is 0 Å². The van der Waals surface area contributed by atoms with Gasteiger partial charge in [0.1, 0.15) is 0 Å². The Morgan fingerprint density at radius 2 is 2.27 bits per heavy atom. The molecule has 0 amide bonds. The first-order chi connectivity index (χ1) is 7.06. The molecule has 4 nitrogen and oxygen atoms in total. The van der Waals surface area contributed by atoms with Crippen LogP contribution in [0.2, 0.25) is 0 Å². The van der Waals surface area contributed by atoms with Gasteiger partial charge in [-0.05, 0) is 18.1 Å². The molecule has 0 aliphatic heterocycles. The Balaban J connectivity index is 3.11. The van der Waals surface area contributed by atoms with Crippen LogP contribution >= 0.6 is 12.2 Å². The highest BCUT2D eigenvalue weighted by Gasteiger charge is 2.15. The largest absolute Gasteiger partial charge is 0.383 e. The van der Waals surface area contributed by atoms with Crippen LogP contribution in [-0.4, -0.2) is 23.3 Å². The van der Waals surface area contributed by atoms with Crippen LogP contribution in [0, 0.1) is 10.7 Å². The van der Waals surface area contributed by atoms with Gasteiger partial charge >= 0.3 is 0 Å². The second-order valence-corrected chi connectivity index (χ2v) is 4.17. The number of aromatic nitrogens is 2. The second kappa shape index (κ2) is 5.23. The molecule has 0 aliphatic carbocycles. The summed E-state index contributed by atoms with van der Waals surface area (Å²) < 4.78 is 7.45. The zero-order chi connectivity index (χ0) is 11.4. The summed E-state index contributed by atoms with van der Waals surface area (Å²) in [5.74, 6) is 0.391. The molecule has 0 spiro atoms. The normalized spacial score (nSPS) is 13.1. The maximum atomic E-state index is 11.0. The van der Waals surface area contributed by atoms with Crippen LogP contribution in [0.3, 0.4) is 0 Å². The van der Waals surface area contributed by atoms with E-state index in [9.17, 15) is 4.79 Å². The minimum Gasteiger partial charge on any atom is -0.383 e. The summed E-state index contributed by atoms with van der Waals surface area (Å²) in [5.41, 5.74) is -0.170. The summed E-state index contributed by atoms with van der Waals surface area (Å²) in [4.78, 5) is 13.6. The van der Waals surface area contributed by atoms with E-state index >= 15 is 0 Å². The summed E-state index contributed by atoms with van der Waals surface area (Å²) in [7, 11) is 1.66. The zero-order valence-corrected chi connectivity index (χ0v) is 10.0. The molecule has 1 unspecified atom stereocenters. The van der Waals surface area contributed by atoms with Crippen LogP contribution in [-0.2, 0) is 4.74 Å². The van der Waals surface area contributed by atoms with Crippen LogP contribution in [0.15, 0.2) is 17.1 Å². The molecule has 0 aliphatic rings. The lowest BCUT2D eigenvalue weighted by atomic mass is 10.1. The molecule has 1 heterocycles. The summed E-state index contributed by atoms with van der Waals surface area (Å²) >= 11 is 5.10. The lowest BCUT2D eigenvalue weighted by molar-refractivity contribution is 0.131. The van der Waals surface area contributed by atoms with Crippen molar-refractivity contribution < 1.29 is 4.74 Å². The van der Waals surface area contributed by atoms with Gasteiger partial charge in [0.15, 0.2) is 4.77 Å². The van der Waals surface area contributed by atoms with E-state index in [2.05, 4.69) is 18.8 Å². The van der Waals surface area contributed by atoms with Gasteiger partial charge in [0.05, 0.1) is 12.6 Å².